The molecule has 0 spiro atoms. The van der Waals surface area contributed by atoms with E-state index in [1.165, 1.54) is 7.11 Å². The molecule has 25 heavy (non-hydrogen) atoms. The molecular formula is C17H22N4O4. The third-order valence-corrected chi connectivity index (χ3v) is 4.34. The predicted octanol–water partition coefficient (Wildman–Crippen LogP) is 1.70. The highest BCUT2D eigenvalue weighted by molar-refractivity contribution is 5.79. The van der Waals surface area contributed by atoms with Crippen LogP contribution in [0, 0.1) is 13.8 Å². The lowest BCUT2D eigenvalue weighted by molar-refractivity contribution is -0.133. The van der Waals surface area contributed by atoms with E-state index in [0.29, 0.717) is 30.5 Å². The summed E-state index contributed by atoms with van der Waals surface area (Å²) in [5.74, 6) is 1.45. The van der Waals surface area contributed by atoms with Gasteiger partial charge in [0.1, 0.15) is 11.9 Å². The van der Waals surface area contributed by atoms with Crippen LogP contribution in [0.4, 0.5) is 0 Å². The maximum absolute atomic E-state index is 12.6. The Labute approximate surface area is 146 Å². The van der Waals surface area contributed by atoms with E-state index in [0.717, 1.165) is 30.6 Å². The number of aromatic nitrogens is 3. The number of likely N-dealkylation sites (tertiary alicyclic amines) is 1. The highest BCUT2D eigenvalue weighted by Crippen LogP contribution is 2.24. The van der Waals surface area contributed by atoms with Gasteiger partial charge in [0.15, 0.2) is 0 Å². The minimum Gasteiger partial charge on any atom is -0.477 e. The molecule has 1 fully saturated rings. The van der Waals surface area contributed by atoms with Gasteiger partial charge in [-0.25, -0.2) is 9.97 Å². The van der Waals surface area contributed by atoms with Crippen LogP contribution < -0.4 is 9.47 Å². The third kappa shape index (κ3) is 3.89. The zero-order valence-electron chi connectivity index (χ0n) is 14.7. The highest BCUT2D eigenvalue weighted by atomic mass is 16.5. The predicted molar refractivity (Wildman–Crippen MR) is 88.5 cm³/mol. The van der Waals surface area contributed by atoms with Crippen molar-refractivity contribution in [3.63, 3.8) is 0 Å². The van der Waals surface area contributed by atoms with Gasteiger partial charge in [-0.15, -0.1) is 0 Å². The molecule has 0 unspecified atom stereocenters. The molecule has 2 aromatic heterocycles. The van der Waals surface area contributed by atoms with E-state index in [2.05, 4.69) is 15.1 Å². The largest absolute Gasteiger partial charge is 0.477 e. The summed E-state index contributed by atoms with van der Waals surface area (Å²) in [4.78, 5) is 22.7. The molecule has 1 saturated heterocycles. The second-order valence-corrected chi connectivity index (χ2v) is 6.07. The number of carbonyl (C=O) groups excluding carboxylic acids is 1. The Hall–Kier alpha value is -2.64. The number of hydrogen-bond donors (Lipinski definition) is 0. The number of methoxy groups -OCH3 is 1. The van der Waals surface area contributed by atoms with Crippen molar-refractivity contribution >= 4 is 5.91 Å². The van der Waals surface area contributed by atoms with Crippen molar-refractivity contribution in [2.45, 2.75) is 39.2 Å². The van der Waals surface area contributed by atoms with E-state index in [1.54, 1.807) is 12.4 Å². The van der Waals surface area contributed by atoms with Crippen LogP contribution in [0.1, 0.15) is 29.9 Å². The molecule has 0 radical (unpaired) electrons. The Balaban J connectivity index is 1.63. The molecule has 0 aromatic carbocycles. The van der Waals surface area contributed by atoms with Crippen molar-refractivity contribution in [1.29, 1.82) is 0 Å². The number of nitrogens with zero attached hydrogens (tertiary/aromatic N) is 4. The maximum atomic E-state index is 12.6. The van der Waals surface area contributed by atoms with Gasteiger partial charge in [-0.1, -0.05) is 5.16 Å². The molecule has 1 aliphatic rings. The molecule has 0 N–H and O–H groups in total. The van der Waals surface area contributed by atoms with Gasteiger partial charge < -0.3 is 18.9 Å². The Morgan fingerprint density at radius 3 is 2.76 bits per heavy atom. The Kier molecular flexibility index (Phi) is 5.16. The number of aryl methyl sites for hydroxylation is 2. The number of carbonyl (C=O) groups is 1. The SMILES string of the molecule is COc1nccnc1O[C@@H]1CCCN(C(=O)Cc2c(C)noc2C)C1. The number of piperidine rings is 1. The van der Waals surface area contributed by atoms with Gasteiger partial charge in [0.05, 0.1) is 25.8 Å². The number of amides is 1. The van der Waals surface area contributed by atoms with E-state index in [9.17, 15) is 4.79 Å². The molecule has 8 nitrogen and oxygen atoms in total. The number of ether oxygens (including phenoxy) is 2. The average molecular weight is 346 g/mol. The summed E-state index contributed by atoms with van der Waals surface area (Å²) in [6.07, 6.45) is 5.00. The lowest BCUT2D eigenvalue weighted by Crippen LogP contribution is -2.45. The van der Waals surface area contributed by atoms with Gasteiger partial charge in [-0.05, 0) is 26.7 Å². The summed E-state index contributed by atoms with van der Waals surface area (Å²) in [5.41, 5.74) is 1.63. The van der Waals surface area contributed by atoms with E-state index in [1.807, 2.05) is 18.7 Å². The summed E-state index contributed by atoms with van der Waals surface area (Å²) in [7, 11) is 1.52. The first-order valence-electron chi connectivity index (χ1n) is 8.29. The standard InChI is InChI=1S/C17H22N4O4/c1-11-14(12(2)25-20-11)9-15(22)21-8-4-5-13(10-21)24-17-16(23-3)18-6-7-19-17/h6-7,13H,4-5,8-10H2,1-3H3/t13-/m1/s1. The van der Waals surface area contributed by atoms with Gasteiger partial charge in [-0.2, -0.15) is 0 Å². The van der Waals surface area contributed by atoms with Crippen molar-refractivity contribution < 1.29 is 18.8 Å². The maximum Gasteiger partial charge on any atom is 0.278 e. The summed E-state index contributed by atoms with van der Waals surface area (Å²) in [5, 5.41) is 3.90. The van der Waals surface area contributed by atoms with Crippen LogP contribution in [0.15, 0.2) is 16.9 Å². The normalized spacial score (nSPS) is 17.4. The van der Waals surface area contributed by atoms with Crippen LogP contribution in [0.25, 0.3) is 0 Å². The van der Waals surface area contributed by atoms with Gasteiger partial charge in [0, 0.05) is 24.5 Å². The lowest BCUT2D eigenvalue weighted by Gasteiger charge is -2.32. The molecule has 2 aromatic rings. The third-order valence-electron chi connectivity index (χ3n) is 4.34. The van der Waals surface area contributed by atoms with Crippen LogP contribution in [0.3, 0.4) is 0 Å². The number of rotatable bonds is 5. The summed E-state index contributed by atoms with van der Waals surface area (Å²) in [6.45, 7) is 4.91. The summed E-state index contributed by atoms with van der Waals surface area (Å²) >= 11 is 0. The van der Waals surface area contributed by atoms with Crippen LogP contribution >= 0.6 is 0 Å². The zero-order chi connectivity index (χ0) is 17.8. The first kappa shape index (κ1) is 17.2. The van der Waals surface area contributed by atoms with Crippen molar-refractivity contribution in [2.75, 3.05) is 20.2 Å². The fraction of sp³-hybridized carbons (Fsp3) is 0.529. The van der Waals surface area contributed by atoms with Gasteiger partial charge in [0.2, 0.25) is 5.91 Å². The fourth-order valence-electron chi connectivity index (χ4n) is 2.97. The molecule has 1 aliphatic heterocycles. The molecule has 0 saturated carbocycles. The first-order chi connectivity index (χ1) is 12.1. The summed E-state index contributed by atoms with van der Waals surface area (Å²) < 4.78 is 16.2. The van der Waals surface area contributed by atoms with Crippen molar-refractivity contribution in [3.8, 4) is 11.8 Å². The van der Waals surface area contributed by atoms with E-state index in [4.69, 9.17) is 14.0 Å². The molecule has 3 rings (SSSR count). The van der Waals surface area contributed by atoms with Gasteiger partial charge in [0.25, 0.3) is 11.8 Å². The van der Waals surface area contributed by atoms with Crippen LogP contribution in [-0.2, 0) is 11.2 Å². The van der Waals surface area contributed by atoms with Crippen LogP contribution in [0.2, 0.25) is 0 Å². The van der Waals surface area contributed by atoms with E-state index >= 15 is 0 Å². The first-order valence-corrected chi connectivity index (χ1v) is 8.29. The molecule has 0 bridgehead atoms. The zero-order valence-corrected chi connectivity index (χ0v) is 14.7. The monoisotopic (exact) mass is 346 g/mol. The van der Waals surface area contributed by atoms with Crippen LogP contribution in [0.5, 0.6) is 11.8 Å². The minimum atomic E-state index is -0.132. The molecule has 1 amide bonds. The fourth-order valence-corrected chi connectivity index (χ4v) is 2.97. The Bertz CT molecular complexity index is 726. The Morgan fingerprint density at radius 2 is 2.08 bits per heavy atom. The van der Waals surface area contributed by atoms with E-state index < -0.39 is 0 Å². The second kappa shape index (κ2) is 7.50. The van der Waals surface area contributed by atoms with Crippen LogP contribution in [-0.4, -0.2) is 52.2 Å². The Morgan fingerprint density at radius 1 is 1.32 bits per heavy atom. The quantitative estimate of drug-likeness (QED) is 0.814. The van der Waals surface area contributed by atoms with Crippen molar-refractivity contribution in [2.24, 2.45) is 0 Å². The van der Waals surface area contributed by atoms with Crippen molar-refractivity contribution in [1.82, 2.24) is 20.0 Å². The summed E-state index contributed by atoms with van der Waals surface area (Å²) in [6, 6.07) is 0. The minimum absolute atomic E-state index is 0.0498. The van der Waals surface area contributed by atoms with Gasteiger partial charge >= 0.3 is 0 Å². The topological polar surface area (TPSA) is 90.6 Å². The van der Waals surface area contributed by atoms with Crippen molar-refractivity contribution in [3.05, 3.63) is 29.4 Å². The highest BCUT2D eigenvalue weighted by Gasteiger charge is 2.27. The average Bonchev–Trinajstić information content (AvgIpc) is 2.94. The molecule has 3 heterocycles. The molecule has 8 heteroatoms. The smallest absolute Gasteiger partial charge is 0.278 e. The lowest BCUT2D eigenvalue weighted by atomic mass is 10.1. The molecular weight excluding hydrogens is 324 g/mol. The van der Waals surface area contributed by atoms with Gasteiger partial charge in [-0.3, -0.25) is 4.79 Å². The van der Waals surface area contributed by atoms with E-state index in [-0.39, 0.29) is 12.0 Å². The molecule has 0 aliphatic carbocycles. The molecule has 134 valence electrons. The molecule has 1 atom stereocenters. The number of hydrogen-bond acceptors (Lipinski definition) is 7. The second-order valence-electron chi connectivity index (χ2n) is 6.07.